The summed E-state index contributed by atoms with van der Waals surface area (Å²) in [4.78, 5) is 0. The fraction of sp³-hybridized carbons (Fsp3) is 0.714. The van der Waals surface area contributed by atoms with Crippen molar-refractivity contribution in [2.24, 2.45) is 5.92 Å². The summed E-state index contributed by atoms with van der Waals surface area (Å²) in [6.45, 7) is -0.485. The first-order chi connectivity index (χ1) is 5.57. The van der Waals surface area contributed by atoms with Gasteiger partial charge in [0.1, 0.15) is 0 Å². The molecular formula is C7H9BF2O2. The predicted molar refractivity (Wildman–Crippen MR) is 39.9 cm³/mol. The van der Waals surface area contributed by atoms with Gasteiger partial charge >= 0.3 is 0 Å². The van der Waals surface area contributed by atoms with Gasteiger partial charge in [-0.15, -0.1) is 0 Å². The third-order valence-electron chi connectivity index (χ3n) is 2.17. The van der Waals surface area contributed by atoms with Crippen molar-refractivity contribution in [2.75, 3.05) is 6.61 Å². The first-order valence-electron chi connectivity index (χ1n) is 3.67. The molecule has 12 heavy (non-hydrogen) atoms. The normalized spacial score (nSPS) is 35.7. The number of hydrogen-bond acceptors (Lipinski definition) is 2. The third kappa shape index (κ3) is 1.52. The summed E-state index contributed by atoms with van der Waals surface area (Å²) in [6, 6.07) is 0. The van der Waals surface area contributed by atoms with Crippen molar-refractivity contribution in [1.82, 2.24) is 0 Å². The van der Waals surface area contributed by atoms with Gasteiger partial charge in [0.25, 0.3) is 6.08 Å². The molecule has 0 aliphatic heterocycles. The molecule has 2 N–H and O–H groups in total. The van der Waals surface area contributed by atoms with E-state index in [0.717, 1.165) is 0 Å². The monoisotopic (exact) mass is 174 g/mol. The number of halogens is 2. The molecule has 1 aliphatic rings. The summed E-state index contributed by atoms with van der Waals surface area (Å²) >= 11 is 0. The third-order valence-corrected chi connectivity index (χ3v) is 2.17. The van der Waals surface area contributed by atoms with Crippen LogP contribution in [0.5, 0.6) is 0 Å². The molecule has 1 saturated carbocycles. The Morgan fingerprint density at radius 1 is 1.58 bits per heavy atom. The molecule has 0 spiro atoms. The predicted octanol–water partition coefficient (Wildman–Crippen LogP) is 0.467. The molecule has 0 aromatic rings. The van der Waals surface area contributed by atoms with Crippen molar-refractivity contribution in [3.05, 3.63) is 11.7 Å². The van der Waals surface area contributed by atoms with E-state index in [2.05, 4.69) is 0 Å². The van der Waals surface area contributed by atoms with Crippen LogP contribution in [0.2, 0.25) is 5.82 Å². The van der Waals surface area contributed by atoms with Crippen LogP contribution < -0.4 is 0 Å². The summed E-state index contributed by atoms with van der Waals surface area (Å²) in [6.07, 6.45) is -2.72. The zero-order valence-electron chi connectivity index (χ0n) is 6.37. The van der Waals surface area contributed by atoms with E-state index in [9.17, 15) is 13.9 Å². The second kappa shape index (κ2) is 3.54. The minimum Gasteiger partial charge on any atom is -0.396 e. The smallest absolute Gasteiger partial charge is 0.269 e. The highest BCUT2D eigenvalue weighted by Crippen LogP contribution is 2.41. The molecule has 0 saturated heterocycles. The zero-order chi connectivity index (χ0) is 9.30. The molecule has 0 aromatic carbocycles. The van der Waals surface area contributed by atoms with E-state index in [-0.39, 0.29) is 12.0 Å². The molecule has 0 unspecified atom stereocenters. The second-order valence-electron chi connectivity index (χ2n) is 2.91. The summed E-state index contributed by atoms with van der Waals surface area (Å²) in [7, 11) is 5.33. The van der Waals surface area contributed by atoms with E-state index in [1.54, 1.807) is 0 Å². The number of aliphatic hydroxyl groups is 2. The molecule has 1 fully saturated rings. The lowest BCUT2D eigenvalue weighted by Crippen LogP contribution is -2.18. The fourth-order valence-corrected chi connectivity index (χ4v) is 1.53. The molecule has 5 heteroatoms. The highest BCUT2D eigenvalue weighted by molar-refractivity contribution is 6.14. The molecular weight excluding hydrogens is 165 g/mol. The summed E-state index contributed by atoms with van der Waals surface area (Å²) in [5, 5.41) is 17.9. The van der Waals surface area contributed by atoms with Crippen LogP contribution in [0.4, 0.5) is 8.78 Å². The van der Waals surface area contributed by atoms with E-state index in [1.165, 1.54) is 0 Å². The van der Waals surface area contributed by atoms with Gasteiger partial charge in [-0.3, -0.25) is 0 Å². The first-order valence-corrected chi connectivity index (χ1v) is 3.67. The summed E-state index contributed by atoms with van der Waals surface area (Å²) in [5.74, 6) is -1.70. The van der Waals surface area contributed by atoms with Crippen LogP contribution in [-0.4, -0.2) is 30.8 Å². The quantitative estimate of drug-likeness (QED) is 0.567. The Labute approximate surface area is 70.3 Å². The molecule has 2 nitrogen and oxygen atoms in total. The number of rotatable bonds is 1. The van der Waals surface area contributed by atoms with Crippen molar-refractivity contribution in [2.45, 2.75) is 18.3 Å². The largest absolute Gasteiger partial charge is 0.396 e. The summed E-state index contributed by atoms with van der Waals surface area (Å²) in [5.41, 5.74) is -0.301. The van der Waals surface area contributed by atoms with Crippen molar-refractivity contribution >= 4 is 7.85 Å². The Kier molecular flexibility index (Phi) is 2.85. The molecule has 66 valence electrons. The Morgan fingerprint density at radius 3 is 2.50 bits per heavy atom. The molecule has 1 rings (SSSR count). The standard InChI is InChI=1S/C7H9BF2O2/c8-4-1-5(12)3(2-11)6(4)7(9)10/h3-5,11-12H,1-2H2/t3-,4+,5+/m1/s1. The van der Waals surface area contributed by atoms with Gasteiger partial charge in [-0.2, -0.15) is 8.78 Å². The van der Waals surface area contributed by atoms with Crippen LogP contribution in [0.25, 0.3) is 0 Å². The molecule has 0 aromatic heterocycles. The van der Waals surface area contributed by atoms with E-state index in [4.69, 9.17) is 13.0 Å². The van der Waals surface area contributed by atoms with E-state index < -0.39 is 30.5 Å². The van der Waals surface area contributed by atoms with Gasteiger partial charge in [0.05, 0.1) is 20.6 Å². The number of aliphatic hydroxyl groups excluding tert-OH is 2. The van der Waals surface area contributed by atoms with Crippen molar-refractivity contribution in [3.8, 4) is 0 Å². The maximum atomic E-state index is 12.2. The van der Waals surface area contributed by atoms with Gasteiger partial charge in [0.15, 0.2) is 0 Å². The molecule has 1 aliphatic carbocycles. The van der Waals surface area contributed by atoms with Crippen LogP contribution in [0.1, 0.15) is 6.42 Å². The molecule has 3 atom stereocenters. The second-order valence-corrected chi connectivity index (χ2v) is 2.91. The average Bonchev–Trinajstić information content (AvgIpc) is 2.24. The van der Waals surface area contributed by atoms with Gasteiger partial charge < -0.3 is 10.2 Å². The molecule has 2 radical (unpaired) electrons. The molecule has 0 bridgehead atoms. The van der Waals surface area contributed by atoms with Crippen molar-refractivity contribution in [3.63, 3.8) is 0 Å². The minimum absolute atomic E-state index is 0.0951. The Bertz CT molecular complexity index is 204. The van der Waals surface area contributed by atoms with E-state index in [0.29, 0.717) is 0 Å². The maximum absolute atomic E-state index is 12.2. The minimum atomic E-state index is -1.88. The lowest BCUT2D eigenvalue weighted by molar-refractivity contribution is 0.101. The molecule has 0 heterocycles. The van der Waals surface area contributed by atoms with E-state index in [1.807, 2.05) is 0 Å². The SMILES string of the molecule is [B][C@H]1C[C@H](O)[C@@H](CO)C1=C(F)F. The molecule has 0 amide bonds. The Hall–Kier alpha value is -0.415. The average molecular weight is 174 g/mol. The van der Waals surface area contributed by atoms with E-state index >= 15 is 0 Å². The van der Waals surface area contributed by atoms with Gasteiger partial charge in [0, 0.05) is 5.92 Å². The van der Waals surface area contributed by atoms with Crippen LogP contribution in [0, 0.1) is 5.92 Å². The maximum Gasteiger partial charge on any atom is 0.269 e. The lowest BCUT2D eigenvalue weighted by atomic mass is 9.82. The Balaban J connectivity index is 2.90. The van der Waals surface area contributed by atoms with Crippen molar-refractivity contribution < 1.29 is 19.0 Å². The highest BCUT2D eigenvalue weighted by atomic mass is 19.3. The first kappa shape index (κ1) is 9.67. The Morgan fingerprint density at radius 2 is 2.17 bits per heavy atom. The topological polar surface area (TPSA) is 40.5 Å². The summed E-state index contributed by atoms with van der Waals surface area (Å²) < 4.78 is 24.4. The van der Waals surface area contributed by atoms with Crippen LogP contribution in [-0.2, 0) is 0 Å². The zero-order valence-corrected chi connectivity index (χ0v) is 6.37. The fourth-order valence-electron chi connectivity index (χ4n) is 1.53. The van der Waals surface area contributed by atoms with Crippen LogP contribution in [0.15, 0.2) is 11.7 Å². The van der Waals surface area contributed by atoms with Gasteiger partial charge in [-0.25, -0.2) is 0 Å². The highest BCUT2D eigenvalue weighted by Gasteiger charge is 2.37. The lowest BCUT2D eigenvalue weighted by Gasteiger charge is -2.12. The van der Waals surface area contributed by atoms with Gasteiger partial charge in [0.2, 0.25) is 0 Å². The van der Waals surface area contributed by atoms with Gasteiger partial charge in [-0.05, 0) is 17.8 Å². The van der Waals surface area contributed by atoms with Crippen molar-refractivity contribution in [1.29, 1.82) is 0 Å². The van der Waals surface area contributed by atoms with Crippen LogP contribution >= 0.6 is 0 Å². The number of hydrogen-bond donors (Lipinski definition) is 2. The van der Waals surface area contributed by atoms with Gasteiger partial charge in [-0.1, -0.05) is 0 Å². The van der Waals surface area contributed by atoms with Crippen LogP contribution in [0.3, 0.4) is 0 Å².